The molecule has 0 aromatic rings. The van der Waals surface area contributed by atoms with Crippen LogP contribution >= 0.6 is 0 Å². The van der Waals surface area contributed by atoms with E-state index in [1.807, 2.05) is 18.7 Å². The predicted octanol–water partition coefficient (Wildman–Crippen LogP) is 0.214. The SMILES string of the molecule is CC(C)NCC(=O)N1CC2CCC(O)C2C1. The average molecular weight is 226 g/mol. The number of aliphatic hydroxyl groups excluding tert-OH is 1. The summed E-state index contributed by atoms with van der Waals surface area (Å²) in [6, 6.07) is 0.344. The Labute approximate surface area is 97.0 Å². The smallest absolute Gasteiger partial charge is 0.236 e. The van der Waals surface area contributed by atoms with Crippen molar-refractivity contribution >= 4 is 5.91 Å². The third-order valence-electron chi connectivity index (χ3n) is 3.83. The Hall–Kier alpha value is -0.610. The molecular formula is C12H22N2O2. The molecule has 4 nitrogen and oxygen atoms in total. The van der Waals surface area contributed by atoms with Crippen LogP contribution in [0.3, 0.4) is 0 Å². The molecule has 2 rings (SSSR count). The van der Waals surface area contributed by atoms with E-state index >= 15 is 0 Å². The number of carbonyl (C=O) groups is 1. The molecular weight excluding hydrogens is 204 g/mol. The van der Waals surface area contributed by atoms with Crippen molar-refractivity contribution < 1.29 is 9.90 Å². The molecule has 92 valence electrons. The first-order chi connectivity index (χ1) is 7.58. The van der Waals surface area contributed by atoms with Crippen molar-refractivity contribution in [1.82, 2.24) is 10.2 Å². The maximum Gasteiger partial charge on any atom is 0.236 e. The van der Waals surface area contributed by atoms with Crippen LogP contribution in [0.2, 0.25) is 0 Å². The molecule has 1 saturated heterocycles. The van der Waals surface area contributed by atoms with Crippen LogP contribution < -0.4 is 5.32 Å². The summed E-state index contributed by atoms with van der Waals surface area (Å²) in [4.78, 5) is 13.8. The first kappa shape index (κ1) is 11.9. The van der Waals surface area contributed by atoms with Gasteiger partial charge in [0.2, 0.25) is 5.91 Å². The lowest BCUT2D eigenvalue weighted by molar-refractivity contribution is -0.129. The number of rotatable bonds is 3. The number of hydrogen-bond acceptors (Lipinski definition) is 3. The molecule has 1 aliphatic heterocycles. The van der Waals surface area contributed by atoms with Gasteiger partial charge >= 0.3 is 0 Å². The van der Waals surface area contributed by atoms with Crippen molar-refractivity contribution in [1.29, 1.82) is 0 Å². The summed E-state index contributed by atoms with van der Waals surface area (Å²) in [5, 5.41) is 12.9. The molecule has 1 aliphatic carbocycles. The van der Waals surface area contributed by atoms with Crippen LogP contribution in [-0.2, 0) is 4.79 Å². The van der Waals surface area contributed by atoms with Gasteiger partial charge in [0, 0.05) is 25.0 Å². The van der Waals surface area contributed by atoms with Crippen molar-refractivity contribution in [2.75, 3.05) is 19.6 Å². The Bertz CT molecular complexity index is 268. The van der Waals surface area contributed by atoms with Crippen LogP contribution in [0.1, 0.15) is 26.7 Å². The minimum atomic E-state index is -0.180. The molecule has 3 atom stereocenters. The predicted molar refractivity (Wildman–Crippen MR) is 61.9 cm³/mol. The zero-order valence-electron chi connectivity index (χ0n) is 10.1. The van der Waals surface area contributed by atoms with Crippen LogP contribution in [0, 0.1) is 11.8 Å². The average Bonchev–Trinajstić information content (AvgIpc) is 2.78. The zero-order valence-corrected chi connectivity index (χ0v) is 10.1. The highest BCUT2D eigenvalue weighted by molar-refractivity contribution is 5.78. The van der Waals surface area contributed by atoms with E-state index in [0.29, 0.717) is 24.4 Å². The van der Waals surface area contributed by atoms with Crippen LogP contribution in [0.15, 0.2) is 0 Å². The molecule has 3 unspecified atom stereocenters. The maximum absolute atomic E-state index is 11.9. The molecule has 1 saturated carbocycles. The molecule has 0 spiro atoms. The van der Waals surface area contributed by atoms with Gasteiger partial charge in [-0.1, -0.05) is 13.8 Å². The molecule has 4 heteroatoms. The van der Waals surface area contributed by atoms with E-state index in [1.165, 1.54) is 0 Å². The van der Waals surface area contributed by atoms with Gasteiger partial charge in [-0.05, 0) is 18.8 Å². The number of amides is 1. The van der Waals surface area contributed by atoms with E-state index in [-0.39, 0.29) is 12.0 Å². The quantitative estimate of drug-likeness (QED) is 0.723. The molecule has 2 N–H and O–H groups in total. The highest BCUT2D eigenvalue weighted by atomic mass is 16.3. The Kier molecular flexibility index (Phi) is 3.50. The van der Waals surface area contributed by atoms with Gasteiger partial charge in [-0.3, -0.25) is 4.79 Å². The lowest BCUT2D eigenvalue weighted by Crippen LogP contribution is -2.39. The van der Waals surface area contributed by atoms with E-state index < -0.39 is 0 Å². The van der Waals surface area contributed by atoms with Crippen molar-refractivity contribution in [3.05, 3.63) is 0 Å². The third-order valence-corrected chi connectivity index (χ3v) is 3.83. The highest BCUT2D eigenvalue weighted by Gasteiger charge is 2.42. The van der Waals surface area contributed by atoms with Gasteiger partial charge in [-0.25, -0.2) is 0 Å². The summed E-state index contributed by atoms with van der Waals surface area (Å²) in [6.07, 6.45) is 1.82. The van der Waals surface area contributed by atoms with Gasteiger partial charge in [0.25, 0.3) is 0 Å². The maximum atomic E-state index is 11.9. The minimum absolute atomic E-state index is 0.176. The monoisotopic (exact) mass is 226 g/mol. The summed E-state index contributed by atoms with van der Waals surface area (Å²) in [7, 11) is 0. The van der Waals surface area contributed by atoms with Crippen LogP contribution in [0.5, 0.6) is 0 Å². The second-order valence-electron chi connectivity index (χ2n) is 5.40. The molecule has 1 heterocycles. The normalized spacial score (nSPS) is 33.5. The van der Waals surface area contributed by atoms with Crippen molar-refractivity contribution in [3.8, 4) is 0 Å². The third kappa shape index (κ3) is 2.38. The van der Waals surface area contributed by atoms with Gasteiger partial charge in [0.15, 0.2) is 0 Å². The summed E-state index contributed by atoms with van der Waals surface area (Å²) in [5.41, 5.74) is 0. The first-order valence-corrected chi connectivity index (χ1v) is 6.27. The van der Waals surface area contributed by atoms with Gasteiger partial charge < -0.3 is 15.3 Å². The van der Waals surface area contributed by atoms with Crippen molar-refractivity contribution in [2.24, 2.45) is 11.8 Å². The topological polar surface area (TPSA) is 52.6 Å². The van der Waals surface area contributed by atoms with E-state index in [1.54, 1.807) is 0 Å². The van der Waals surface area contributed by atoms with Crippen LogP contribution in [-0.4, -0.2) is 47.7 Å². The van der Waals surface area contributed by atoms with Crippen LogP contribution in [0.25, 0.3) is 0 Å². The summed E-state index contributed by atoms with van der Waals surface area (Å²) in [6.45, 7) is 6.10. The summed E-state index contributed by atoms with van der Waals surface area (Å²) < 4.78 is 0. The first-order valence-electron chi connectivity index (χ1n) is 6.27. The molecule has 0 bridgehead atoms. The van der Waals surface area contributed by atoms with Gasteiger partial charge in [-0.2, -0.15) is 0 Å². The van der Waals surface area contributed by atoms with Crippen molar-refractivity contribution in [3.63, 3.8) is 0 Å². The van der Waals surface area contributed by atoms with E-state index in [2.05, 4.69) is 5.32 Å². The standard InChI is InChI=1S/C12H22N2O2/c1-8(2)13-5-12(16)14-6-9-3-4-11(15)10(9)7-14/h8-11,13,15H,3-7H2,1-2H3. The fourth-order valence-corrected chi connectivity index (χ4v) is 2.84. The second kappa shape index (κ2) is 4.72. The van der Waals surface area contributed by atoms with Gasteiger partial charge in [0.05, 0.1) is 12.6 Å². The molecule has 0 radical (unpaired) electrons. The zero-order chi connectivity index (χ0) is 11.7. The fraction of sp³-hybridized carbons (Fsp3) is 0.917. The largest absolute Gasteiger partial charge is 0.393 e. The lowest BCUT2D eigenvalue weighted by atomic mass is 10.00. The van der Waals surface area contributed by atoms with E-state index in [4.69, 9.17) is 0 Å². The van der Waals surface area contributed by atoms with Crippen LogP contribution in [0.4, 0.5) is 0 Å². The number of hydrogen-bond donors (Lipinski definition) is 2. The number of nitrogens with zero attached hydrogens (tertiary/aromatic N) is 1. The minimum Gasteiger partial charge on any atom is -0.393 e. The molecule has 1 amide bonds. The van der Waals surface area contributed by atoms with E-state index in [9.17, 15) is 9.90 Å². The van der Waals surface area contributed by atoms with E-state index in [0.717, 1.165) is 25.9 Å². The Morgan fingerprint density at radius 3 is 2.81 bits per heavy atom. The number of aliphatic hydroxyl groups is 1. The second-order valence-corrected chi connectivity index (χ2v) is 5.40. The summed E-state index contributed by atoms with van der Waals surface area (Å²) >= 11 is 0. The van der Waals surface area contributed by atoms with Gasteiger partial charge in [-0.15, -0.1) is 0 Å². The van der Waals surface area contributed by atoms with Gasteiger partial charge in [0.1, 0.15) is 0 Å². The molecule has 2 fully saturated rings. The molecule has 2 aliphatic rings. The molecule has 0 aromatic carbocycles. The number of carbonyl (C=O) groups excluding carboxylic acids is 1. The molecule has 0 aromatic heterocycles. The number of fused-ring (bicyclic) bond motifs is 1. The number of likely N-dealkylation sites (tertiary alicyclic amines) is 1. The highest BCUT2D eigenvalue weighted by Crippen LogP contribution is 2.37. The Morgan fingerprint density at radius 2 is 2.19 bits per heavy atom. The Morgan fingerprint density at radius 1 is 1.44 bits per heavy atom. The molecule has 16 heavy (non-hydrogen) atoms. The summed E-state index contributed by atoms with van der Waals surface area (Å²) in [5.74, 6) is 1.05. The number of nitrogens with one attached hydrogen (secondary N) is 1. The lowest BCUT2D eigenvalue weighted by Gasteiger charge is -2.19. The van der Waals surface area contributed by atoms with Crippen molar-refractivity contribution in [2.45, 2.75) is 38.8 Å². The fourth-order valence-electron chi connectivity index (χ4n) is 2.84. The Balaban J connectivity index is 1.82.